The quantitative estimate of drug-likeness (QED) is 0.765. The number of aliphatic carboxylic acids is 1. The Morgan fingerprint density at radius 2 is 2.00 bits per heavy atom. The molecule has 3 heterocycles. The van der Waals surface area contributed by atoms with E-state index >= 15 is 0 Å². The second-order valence-corrected chi connectivity index (χ2v) is 8.35. The average molecular weight is 390 g/mol. The number of rotatable bonds is 7. The molecular formula is C21H35N5O2. The number of aromatic nitrogens is 2. The molecule has 0 radical (unpaired) electrons. The van der Waals surface area contributed by atoms with Crippen molar-refractivity contribution in [3.8, 4) is 0 Å². The van der Waals surface area contributed by atoms with Gasteiger partial charge in [-0.05, 0) is 39.2 Å². The minimum atomic E-state index is -0.696. The fourth-order valence-electron chi connectivity index (χ4n) is 4.64. The van der Waals surface area contributed by atoms with Gasteiger partial charge in [0, 0.05) is 63.5 Å². The first kappa shape index (κ1) is 21.0. The summed E-state index contributed by atoms with van der Waals surface area (Å²) in [7, 11) is 2.18. The van der Waals surface area contributed by atoms with E-state index in [1.165, 1.54) is 5.56 Å². The molecule has 0 aliphatic carbocycles. The van der Waals surface area contributed by atoms with E-state index < -0.39 is 5.97 Å². The summed E-state index contributed by atoms with van der Waals surface area (Å²) in [5.41, 5.74) is 1.21. The van der Waals surface area contributed by atoms with Crippen molar-refractivity contribution in [1.29, 1.82) is 0 Å². The van der Waals surface area contributed by atoms with Gasteiger partial charge < -0.3 is 14.9 Å². The number of carboxylic acids is 1. The highest BCUT2D eigenvalue weighted by atomic mass is 16.4. The second kappa shape index (κ2) is 9.65. The van der Waals surface area contributed by atoms with Gasteiger partial charge in [0.15, 0.2) is 0 Å². The van der Waals surface area contributed by atoms with Gasteiger partial charge in [-0.25, -0.2) is 9.97 Å². The van der Waals surface area contributed by atoms with E-state index in [9.17, 15) is 9.90 Å². The molecule has 0 saturated carbocycles. The molecule has 3 rings (SSSR count). The zero-order chi connectivity index (χ0) is 20.1. The van der Waals surface area contributed by atoms with E-state index in [1.807, 2.05) is 13.1 Å². The standard InChI is InChI=1S/C21H35N5O2/c1-4-5-17-14-22-16(2)23-21(17)26-9-8-19(18(15-26)6-7-20(27)28)25-12-10-24(3)11-13-25/h14,18-19H,4-13,15H2,1-3H3,(H,27,28)/t18-,19+/m0/s1. The van der Waals surface area contributed by atoms with Gasteiger partial charge in [-0.3, -0.25) is 9.69 Å². The lowest BCUT2D eigenvalue weighted by Crippen LogP contribution is -2.56. The van der Waals surface area contributed by atoms with E-state index in [1.54, 1.807) is 0 Å². The molecular weight excluding hydrogens is 354 g/mol. The molecule has 2 atom stereocenters. The first-order valence-corrected chi connectivity index (χ1v) is 10.7. The Hall–Kier alpha value is -1.73. The van der Waals surface area contributed by atoms with Gasteiger partial charge >= 0.3 is 5.97 Å². The third-order valence-electron chi connectivity index (χ3n) is 6.21. The van der Waals surface area contributed by atoms with Crippen LogP contribution in [0, 0.1) is 12.8 Å². The molecule has 0 spiro atoms. The number of piperidine rings is 1. The Morgan fingerprint density at radius 1 is 1.25 bits per heavy atom. The Balaban J connectivity index is 1.77. The summed E-state index contributed by atoms with van der Waals surface area (Å²) in [6, 6.07) is 0.474. The minimum Gasteiger partial charge on any atom is -0.481 e. The van der Waals surface area contributed by atoms with Gasteiger partial charge in [0.2, 0.25) is 0 Å². The molecule has 2 aliphatic rings. The third-order valence-corrected chi connectivity index (χ3v) is 6.21. The number of hydrogen-bond donors (Lipinski definition) is 1. The van der Waals surface area contributed by atoms with Crippen LogP contribution >= 0.6 is 0 Å². The van der Waals surface area contributed by atoms with Crippen LogP contribution in [-0.4, -0.2) is 83.2 Å². The SMILES string of the molecule is CCCc1cnc(C)nc1N1CC[C@@H](N2CCN(C)CC2)[C@@H](CCC(=O)O)C1. The molecule has 0 aromatic carbocycles. The first-order chi connectivity index (χ1) is 13.5. The van der Waals surface area contributed by atoms with Crippen LogP contribution in [0.5, 0.6) is 0 Å². The number of piperazine rings is 1. The number of anilines is 1. The molecule has 2 fully saturated rings. The molecule has 1 N–H and O–H groups in total. The number of hydrogen-bond acceptors (Lipinski definition) is 6. The van der Waals surface area contributed by atoms with Gasteiger partial charge in [0.25, 0.3) is 0 Å². The van der Waals surface area contributed by atoms with Gasteiger partial charge in [0.05, 0.1) is 0 Å². The summed E-state index contributed by atoms with van der Waals surface area (Å²) in [4.78, 5) is 27.8. The summed E-state index contributed by atoms with van der Waals surface area (Å²) in [5.74, 6) is 1.53. The molecule has 0 unspecified atom stereocenters. The van der Waals surface area contributed by atoms with Crippen LogP contribution in [0.25, 0.3) is 0 Å². The van der Waals surface area contributed by atoms with Crippen LogP contribution in [0.3, 0.4) is 0 Å². The fraction of sp³-hybridized carbons (Fsp3) is 0.762. The topological polar surface area (TPSA) is 72.8 Å². The molecule has 2 aliphatic heterocycles. The van der Waals surface area contributed by atoms with Gasteiger partial charge in [-0.15, -0.1) is 0 Å². The van der Waals surface area contributed by atoms with Crippen LogP contribution in [-0.2, 0) is 11.2 Å². The summed E-state index contributed by atoms with van der Waals surface area (Å²) in [6.45, 7) is 10.3. The van der Waals surface area contributed by atoms with Crippen molar-refractivity contribution in [1.82, 2.24) is 19.8 Å². The smallest absolute Gasteiger partial charge is 0.303 e. The predicted octanol–water partition coefficient (Wildman–Crippen LogP) is 2.04. The van der Waals surface area contributed by atoms with Gasteiger partial charge in [0.1, 0.15) is 11.6 Å². The molecule has 7 nitrogen and oxygen atoms in total. The maximum absolute atomic E-state index is 11.2. The summed E-state index contributed by atoms with van der Waals surface area (Å²) < 4.78 is 0. The third kappa shape index (κ3) is 5.20. The van der Waals surface area contributed by atoms with Gasteiger partial charge in [-0.2, -0.15) is 0 Å². The van der Waals surface area contributed by atoms with Crippen molar-refractivity contribution in [3.05, 3.63) is 17.6 Å². The molecule has 156 valence electrons. The maximum atomic E-state index is 11.2. The lowest BCUT2D eigenvalue weighted by Gasteiger charge is -2.47. The van der Waals surface area contributed by atoms with Crippen molar-refractivity contribution in [3.63, 3.8) is 0 Å². The van der Waals surface area contributed by atoms with Crippen LogP contribution in [0.4, 0.5) is 5.82 Å². The van der Waals surface area contributed by atoms with E-state index in [2.05, 4.69) is 33.7 Å². The molecule has 0 bridgehead atoms. The fourth-order valence-corrected chi connectivity index (χ4v) is 4.64. The van der Waals surface area contributed by atoms with Crippen molar-refractivity contribution < 1.29 is 9.90 Å². The summed E-state index contributed by atoms with van der Waals surface area (Å²) in [5, 5.41) is 9.25. The number of carboxylic acid groups (broad SMARTS) is 1. The van der Waals surface area contributed by atoms with E-state index in [0.29, 0.717) is 12.0 Å². The van der Waals surface area contributed by atoms with Crippen molar-refractivity contribution in [2.75, 3.05) is 51.2 Å². The summed E-state index contributed by atoms with van der Waals surface area (Å²) in [6.07, 6.45) is 6.07. The number of likely N-dealkylation sites (N-methyl/N-ethyl adjacent to an activating group) is 1. The van der Waals surface area contributed by atoms with Crippen LogP contribution in [0.2, 0.25) is 0 Å². The Kier molecular flexibility index (Phi) is 7.24. The number of carbonyl (C=O) groups is 1. The zero-order valence-corrected chi connectivity index (χ0v) is 17.6. The zero-order valence-electron chi connectivity index (χ0n) is 17.6. The average Bonchev–Trinajstić information content (AvgIpc) is 2.68. The molecule has 2 saturated heterocycles. The summed E-state index contributed by atoms with van der Waals surface area (Å²) >= 11 is 0. The Bertz CT molecular complexity index is 660. The number of nitrogens with zero attached hydrogens (tertiary/aromatic N) is 5. The lowest BCUT2D eigenvalue weighted by molar-refractivity contribution is -0.137. The molecule has 1 aromatic heterocycles. The second-order valence-electron chi connectivity index (χ2n) is 8.35. The maximum Gasteiger partial charge on any atom is 0.303 e. The number of aryl methyl sites for hydroxylation is 2. The molecule has 7 heteroatoms. The normalized spacial score (nSPS) is 24.5. The predicted molar refractivity (Wildman–Crippen MR) is 111 cm³/mol. The monoisotopic (exact) mass is 389 g/mol. The Morgan fingerprint density at radius 3 is 2.68 bits per heavy atom. The largest absolute Gasteiger partial charge is 0.481 e. The highest BCUT2D eigenvalue weighted by Crippen LogP contribution is 2.31. The molecule has 1 aromatic rings. The van der Waals surface area contributed by atoms with E-state index in [0.717, 1.165) is 76.6 Å². The van der Waals surface area contributed by atoms with E-state index in [-0.39, 0.29) is 6.42 Å². The van der Waals surface area contributed by atoms with Crippen molar-refractivity contribution >= 4 is 11.8 Å². The van der Waals surface area contributed by atoms with Crippen LogP contribution in [0.15, 0.2) is 6.20 Å². The van der Waals surface area contributed by atoms with Crippen molar-refractivity contribution in [2.24, 2.45) is 5.92 Å². The van der Waals surface area contributed by atoms with Gasteiger partial charge in [-0.1, -0.05) is 13.3 Å². The Labute approximate surface area is 168 Å². The first-order valence-electron chi connectivity index (χ1n) is 10.7. The van der Waals surface area contributed by atoms with Crippen LogP contribution < -0.4 is 4.90 Å². The lowest BCUT2D eigenvalue weighted by atomic mass is 9.86. The van der Waals surface area contributed by atoms with Crippen molar-refractivity contribution in [2.45, 2.75) is 52.0 Å². The highest BCUT2D eigenvalue weighted by molar-refractivity contribution is 5.66. The van der Waals surface area contributed by atoms with Crippen LogP contribution in [0.1, 0.15) is 44.0 Å². The molecule has 0 amide bonds. The highest BCUT2D eigenvalue weighted by Gasteiger charge is 2.35. The molecule has 28 heavy (non-hydrogen) atoms. The minimum absolute atomic E-state index is 0.243. The van der Waals surface area contributed by atoms with E-state index in [4.69, 9.17) is 4.98 Å².